The van der Waals surface area contributed by atoms with Crippen LogP contribution < -0.4 is 0 Å². The minimum Gasteiger partial charge on any atom is -0.390 e. The first-order valence-corrected chi connectivity index (χ1v) is 6.05. The Hall–Kier alpha value is -0.0800. The normalized spacial score (nSPS) is 46.1. The molecule has 0 radical (unpaired) electrons. The summed E-state index contributed by atoms with van der Waals surface area (Å²) >= 11 is 0. The number of rotatable bonds is 4. The highest BCUT2D eigenvalue weighted by Gasteiger charge is 2.59. The molecule has 2 saturated heterocycles. The maximum Gasteiger partial charge on any atom is 0.0949 e. The quantitative estimate of drug-likeness (QED) is 0.752. The van der Waals surface area contributed by atoms with Gasteiger partial charge in [-0.25, -0.2) is 0 Å². The number of ether oxygens (including phenoxy) is 1. The predicted molar refractivity (Wildman–Crippen MR) is 56.2 cm³/mol. The fourth-order valence-corrected chi connectivity index (χ4v) is 3.39. The van der Waals surface area contributed by atoms with Gasteiger partial charge in [0.25, 0.3) is 0 Å². The van der Waals surface area contributed by atoms with Gasteiger partial charge >= 0.3 is 0 Å². The Balaban J connectivity index is 2.10. The van der Waals surface area contributed by atoms with Gasteiger partial charge in [0, 0.05) is 6.42 Å². The third-order valence-electron chi connectivity index (χ3n) is 3.97. The van der Waals surface area contributed by atoms with Gasteiger partial charge in [0.1, 0.15) is 0 Å². The van der Waals surface area contributed by atoms with Crippen LogP contribution in [0.2, 0.25) is 0 Å². The molecule has 2 nitrogen and oxygen atoms in total. The maximum atomic E-state index is 10.1. The minimum atomic E-state index is -0.206. The molecule has 0 spiro atoms. The van der Waals surface area contributed by atoms with E-state index in [2.05, 4.69) is 13.8 Å². The second-order valence-electron chi connectivity index (χ2n) is 5.07. The van der Waals surface area contributed by atoms with Crippen molar-refractivity contribution in [3.63, 3.8) is 0 Å². The Morgan fingerprint density at radius 2 is 1.93 bits per heavy atom. The molecule has 0 unspecified atom stereocenters. The summed E-state index contributed by atoms with van der Waals surface area (Å²) in [6.45, 7) is 4.37. The van der Waals surface area contributed by atoms with Crippen LogP contribution in [-0.4, -0.2) is 22.4 Å². The molecule has 2 bridgehead atoms. The van der Waals surface area contributed by atoms with Crippen LogP contribution in [0.25, 0.3) is 0 Å². The molecule has 2 aliphatic heterocycles. The molecule has 2 fully saturated rings. The number of hydrogen-bond acceptors (Lipinski definition) is 2. The number of hydrogen-bond donors (Lipinski definition) is 1. The summed E-state index contributed by atoms with van der Waals surface area (Å²) < 4.78 is 6.19. The van der Waals surface area contributed by atoms with E-state index in [1.807, 2.05) is 0 Å². The third kappa shape index (κ3) is 1.40. The summed E-state index contributed by atoms with van der Waals surface area (Å²) in [6.07, 6.45) is 7.33. The average molecular weight is 198 g/mol. The van der Waals surface area contributed by atoms with E-state index < -0.39 is 0 Å². The van der Waals surface area contributed by atoms with E-state index in [1.165, 1.54) is 0 Å². The van der Waals surface area contributed by atoms with E-state index in [0.717, 1.165) is 44.9 Å². The molecule has 0 aromatic rings. The molecular formula is C12H22O2. The van der Waals surface area contributed by atoms with Crippen LogP contribution in [0.1, 0.15) is 58.8 Å². The van der Waals surface area contributed by atoms with E-state index in [1.54, 1.807) is 0 Å². The zero-order chi connectivity index (χ0) is 10.2. The molecule has 0 aromatic carbocycles. The fraction of sp³-hybridized carbons (Fsp3) is 1.00. The van der Waals surface area contributed by atoms with E-state index in [9.17, 15) is 5.11 Å². The molecule has 14 heavy (non-hydrogen) atoms. The van der Waals surface area contributed by atoms with E-state index in [-0.39, 0.29) is 17.3 Å². The van der Waals surface area contributed by atoms with Gasteiger partial charge < -0.3 is 9.84 Å². The first-order chi connectivity index (χ1) is 6.66. The summed E-state index contributed by atoms with van der Waals surface area (Å²) in [6, 6.07) is 0. The minimum absolute atomic E-state index is 0.0450. The zero-order valence-corrected chi connectivity index (χ0v) is 9.38. The Morgan fingerprint density at radius 1 is 1.21 bits per heavy atom. The highest BCUT2D eigenvalue weighted by Crippen LogP contribution is 2.54. The molecule has 0 saturated carbocycles. The van der Waals surface area contributed by atoms with Crippen molar-refractivity contribution in [1.29, 1.82) is 0 Å². The van der Waals surface area contributed by atoms with Crippen LogP contribution in [0.15, 0.2) is 0 Å². The second-order valence-corrected chi connectivity index (χ2v) is 5.07. The van der Waals surface area contributed by atoms with Crippen molar-refractivity contribution in [3.05, 3.63) is 0 Å². The molecular weight excluding hydrogens is 176 g/mol. The Morgan fingerprint density at radius 3 is 2.50 bits per heavy atom. The van der Waals surface area contributed by atoms with Crippen molar-refractivity contribution >= 4 is 0 Å². The van der Waals surface area contributed by atoms with Crippen LogP contribution in [0.3, 0.4) is 0 Å². The lowest BCUT2D eigenvalue weighted by Gasteiger charge is -2.28. The van der Waals surface area contributed by atoms with Crippen LogP contribution in [0, 0.1) is 0 Å². The molecule has 2 aliphatic rings. The zero-order valence-electron chi connectivity index (χ0n) is 9.38. The highest BCUT2D eigenvalue weighted by atomic mass is 16.6. The first-order valence-electron chi connectivity index (χ1n) is 6.05. The fourth-order valence-electron chi connectivity index (χ4n) is 3.39. The van der Waals surface area contributed by atoms with Crippen molar-refractivity contribution in [2.24, 2.45) is 0 Å². The lowest BCUT2D eigenvalue weighted by atomic mass is 9.76. The Kier molecular flexibility index (Phi) is 2.61. The molecule has 1 N–H and O–H groups in total. The molecule has 2 heterocycles. The van der Waals surface area contributed by atoms with Gasteiger partial charge in [0.15, 0.2) is 0 Å². The molecule has 0 aromatic heterocycles. The summed E-state index contributed by atoms with van der Waals surface area (Å²) in [7, 11) is 0. The second kappa shape index (κ2) is 3.49. The highest BCUT2D eigenvalue weighted by molar-refractivity contribution is 5.09. The smallest absolute Gasteiger partial charge is 0.0949 e. The molecule has 2 heteroatoms. The summed E-state index contributed by atoms with van der Waals surface area (Å²) in [5.41, 5.74) is -0.118. The molecule has 82 valence electrons. The third-order valence-corrected chi connectivity index (χ3v) is 3.97. The van der Waals surface area contributed by atoms with Crippen molar-refractivity contribution in [1.82, 2.24) is 0 Å². The van der Waals surface area contributed by atoms with Gasteiger partial charge in [0.2, 0.25) is 0 Å². The number of aliphatic hydroxyl groups is 1. The maximum absolute atomic E-state index is 10.1. The van der Waals surface area contributed by atoms with E-state index >= 15 is 0 Å². The van der Waals surface area contributed by atoms with Gasteiger partial charge in [-0.05, 0) is 25.7 Å². The van der Waals surface area contributed by atoms with Gasteiger partial charge in [0.05, 0.1) is 17.3 Å². The summed E-state index contributed by atoms with van der Waals surface area (Å²) in [5, 5.41) is 10.1. The van der Waals surface area contributed by atoms with E-state index in [0.29, 0.717) is 0 Å². The summed E-state index contributed by atoms with van der Waals surface area (Å²) in [5.74, 6) is 0. The van der Waals surface area contributed by atoms with Crippen molar-refractivity contribution < 1.29 is 9.84 Å². The summed E-state index contributed by atoms with van der Waals surface area (Å²) in [4.78, 5) is 0. The van der Waals surface area contributed by atoms with Crippen molar-refractivity contribution in [2.45, 2.75) is 76.1 Å². The largest absolute Gasteiger partial charge is 0.390 e. The first kappa shape index (κ1) is 10.4. The van der Waals surface area contributed by atoms with Gasteiger partial charge in [-0.15, -0.1) is 0 Å². The molecule has 2 rings (SSSR count). The van der Waals surface area contributed by atoms with E-state index in [4.69, 9.17) is 4.74 Å². The topological polar surface area (TPSA) is 29.5 Å². The van der Waals surface area contributed by atoms with Crippen LogP contribution >= 0.6 is 0 Å². The van der Waals surface area contributed by atoms with Gasteiger partial charge in [-0.2, -0.15) is 0 Å². The molecule has 3 atom stereocenters. The van der Waals surface area contributed by atoms with Gasteiger partial charge in [-0.3, -0.25) is 0 Å². The van der Waals surface area contributed by atoms with Crippen LogP contribution in [0.5, 0.6) is 0 Å². The van der Waals surface area contributed by atoms with Crippen molar-refractivity contribution in [2.75, 3.05) is 0 Å². The van der Waals surface area contributed by atoms with Crippen LogP contribution in [-0.2, 0) is 4.74 Å². The monoisotopic (exact) mass is 198 g/mol. The van der Waals surface area contributed by atoms with Crippen LogP contribution in [0.4, 0.5) is 0 Å². The van der Waals surface area contributed by atoms with Crippen molar-refractivity contribution in [3.8, 4) is 0 Å². The lowest BCUT2D eigenvalue weighted by molar-refractivity contribution is -0.0826. The molecule has 0 aliphatic carbocycles. The Labute approximate surface area is 86.6 Å². The Bertz CT molecular complexity index is 216. The van der Waals surface area contributed by atoms with Gasteiger partial charge in [-0.1, -0.05) is 26.7 Å². The predicted octanol–water partition coefficient (Wildman–Crippen LogP) is 2.64. The number of aliphatic hydroxyl groups excluding tert-OH is 1. The molecule has 0 amide bonds. The SMILES string of the molecule is CCC[C@@]12CC[C@@](CCC)(O1)[C@@H](O)C2. The lowest BCUT2D eigenvalue weighted by Crippen LogP contribution is -2.38. The standard InChI is InChI=1S/C12H22O2/c1-3-5-11-7-8-12(14-11,6-4-2)10(13)9-11/h10,13H,3-9H2,1-2H3/t10-,11-,12+/m0/s1. The number of fused-ring (bicyclic) bond motifs is 2. The average Bonchev–Trinajstić information content (AvgIpc) is 2.58.